The van der Waals surface area contributed by atoms with Crippen molar-refractivity contribution in [2.45, 2.75) is 78.6 Å². The van der Waals surface area contributed by atoms with Gasteiger partial charge in [-0.05, 0) is 78.1 Å². The maximum atomic E-state index is 12.6. The molecule has 0 aromatic heterocycles. The molecular weight excluding hydrogens is 412 g/mol. The largest absolute Gasteiger partial charge is 0.460 e. The fourth-order valence-corrected chi connectivity index (χ4v) is 2.77. The van der Waals surface area contributed by atoms with Gasteiger partial charge in [0.15, 0.2) is 0 Å². The minimum Gasteiger partial charge on any atom is -0.460 e. The summed E-state index contributed by atoms with van der Waals surface area (Å²) in [5, 5.41) is 22.4. The molecular formula is C24H40N2O6. The Hall–Kier alpha value is -2.32. The van der Waals surface area contributed by atoms with Crippen molar-refractivity contribution < 1.29 is 40.2 Å². The van der Waals surface area contributed by atoms with Crippen LogP contribution in [0, 0.1) is 6.92 Å². The zero-order chi connectivity index (χ0) is 31.7. The fourth-order valence-electron chi connectivity index (χ4n) is 2.77. The summed E-state index contributed by atoms with van der Waals surface area (Å²) >= 11 is 0. The van der Waals surface area contributed by atoms with E-state index >= 15 is 0 Å². The normalized spacial score (nSPS) is 18.3. The molecule has 182 valence electrons. The average molecular weight is 461 g/mol. The van der Waals surface area contributed by atoms with Crippen molar-refractivity contribution in [3.63, 3.8) is 0 Å². The number of amides is 1. The summed E-state index contributed by atoms with van der Waals surface area (Å²) in [6, 6.07) is 2.84. The molecule has 0 aliphatic carbocycles. The third-order valence-electron chi connectivity index (χ3n) is 3.93. The molecule has 1 aromatic rings. The third-order valence-corrected chi connectivity index (χ3v) is 3.93. The first-order valence-electron chi connectivity index (χ1n) is 14.1. The molecule has 8 nitrogen and oxygen atoms in total. The van der Waals surface area contributed by atoms with Gasteiger partial charge in [-0.3, -0.25) is 4.79 Å². The van der Waals surface area contributed by atoms with Crippen molar-refractivity contribution in [2.24, 2.45) is 0 Å². The van der Waals surface area contributed by atoms with Crippen LogP contribution in [0.4, 0.5) is 10.5 Å². The van der Waals surface area contributed by atoms with E-state index in [-0.39, 0.29) is 17.7 Å². The molecule has 0 aliphatic heterocycles. The standard InChI is InChI=1S/C24H40N2O6/c1-17-8-9-20(26(10-12-27)11-13-28)15-18(17)14-19(16-21(29)31-23(2,3)4)25-22(30)32-24(5,6)7/h8-9,15,19,27-28H,10-14,16H2,1-7H3,(H,25,30)/t19-/m0/s1/i10D2,11D2,12D2,13D2. The zero-order valence-corrected chi connectivity index (χ0v) is 19.7. The number of ether oxygens (including phenoxy) is 2. The van der Waals surface area contributed by atoms with Crippen LogP contribution in [0.5, 0.6) is 0 Å². The number of nitrogens with one attached hydrogen (secondary N) is 1. The maximum Gasteiger partial charge on any atom is 0.407 e. The van der Waals surface area contributed by atoms with E-state index in [4.69, 9.17) is 20.4 Å². The van der Waals surface area contributed by atoms with Crippen LogP contribution in [0.15, 0.2) is 18.2 Å². The number of nitrogens with zero attached hydrogens (tertiary/aromatic N) is 1. The predicted octanol–water partition coefficient (Wildman–Crippen LogP) is 2.95. The molecule has 1 aromatic carbocycles. The minimum atomic E-state index is -3.70. The Bertz CT molecular complexity index is 1000. The van der Waals surface area contributed by atoms with Crippen LogP contribution < -0.4 is 10.2 Å². The van der Waals surface area contributed by atoms with E-state index in [9.17, 15) is 19.8 Å². The molecule has 1 atom stereocenters. The molecule has 1 amide bonds. The molecule has 0 heterocycles. The molecule has 32 heavy (non-hydrogen) atoms. The first-order chi connectivity index (χ1) is 17.6. The number of carbonyl (C=O) groups is 2. The second-order valence-electron chi connectivity index (χ2n) is 9.23. The molecule has 0 unspecified atom stereocenters. The van der Waals surface area contributed by atoms with E-state index < -0.39 is 61.1 Å². The number of anilines is 1. The van der Waals surface area contributed by atoms with Crippen molar-refractivity contribution >= 4 is 17.7 Å². The summed E-state index contributed by atoms with van der Waals surface area (Å²) in [5.41, 5.74) is -1.21. The van der Waals surface area contributed by atoms with Gasteiger partial charge in [0, 0.05) is 24.7 Å². The Morgan fingerprint density at radius 3 is 2.12 bits per heavy atom. The minimum absolute atomic E-state index is 0.0207. The van der Waals surface area contributed by atoms with Crippen LogP contribution in [-0.4, -0.2) is 65.6 Å². The van der Waals surface area contributed by atoms with Crippen molar-refractivity contribution in [1.82, 2.24) is 5.32 Å². The number of carbonyl (C=O) groups excluding carboxylic acids is 2. The van der Waals surface area contributed by atoms with Gasteiger partial charge in [0.25, 0.3) is 0 Å². The van der Waals surface area contributed by atoms with Gasteiger partial charge in [0.1, 0.15) is 11.2 Å². The third kappa shape index (κ3) is 10.8. The molecule has 0 fully saturated rings. The Morgan fingerprint density at radius 2 is 1.62 bits per heavy atom. The lowest BCUT2D eigenvalue weighted by Crippen LogP contribution is -2.42. The summed E-state index contributed by atoms with van der Waals surface area (Å²) in [6.45, 7) is -2.95. The van der Waals surface area contributed by atoms with Gasteiger partial charge >= 0.3 is 12.1 Å². The van der Waals surface area contributed by atoms with Gasteiger partial charge in [-0.2, -0.15) is 0 Å². The van der Waals surface area contributed by atoms with E-state index in [1.807, 2.05) is 0 Å². The Labute approximate surface area is 203 Å². The highest BCUT2D eigenvalue weighted by molar-refractivity contribution is 5.73. The van der Waals surface area contributed by atoms with Crippen LogP contribution in [0.3, 0.4) is 0 Å². The van der Waals surface area contributed by atoms with Gasteiger partial charge in [0.05, 0.1) is 30.5 Å². The molecule has 0 saturated heterocycles. The van der Waals surface area contributed by atoms with Crippen LogP contribution in [0.2, 0.25) is 0 Å². The second-order valence-corrected chi connectivity index (χ2v) is 9.23. The predicted molar refractivity (Wildman–Crippen MR) is 125 cm³/mol. The van der Waals surface area contributed by atoms with Crippen molar-refractivity contribution in [1.29, 1.82) is 0 Å². The quantitative estimate of drug-likeness (QED) is 0.461. The first kappa shape index (κ1) is 17.2. The summed E-state index contributed by atoms with van der Waals surface area (Å²) in [6.07, 6.45) is -1.22. The Morgan fingerprint density at radius 1 is 1.06 bits per heavy atom. The lowest BCUT2D eigenvalue weighted by molar-refractivity contribution is -0.155. The lowest BCUT2D eigenvalue weighted by Gasteiger charge is -2.27. The number of hydrogen-bond acceptors (Lipinski definition) is 7. The van der Waals surface area contributed by atoms with Crippen LogP contribution in [0.1, 0.15) is 70.1 Å². The summed E-state index contributed by atoms with van der Waals surface area (Å²) < 4.78 is 73.3. The number of aryl methyl sites for hydroxylation is 1. The fraction of sp³-hybridized carbons (Fsp3) is 0.667. The molecule has 3 N–H and O–H groups in total. The molecule has 0 spiro atoms. The number of rotatable bonds is 10. The zero-order valence-electron chi connectivity index (χ0n) is 27.7. The summed E-state index contributed by atoms with van der Waals surface area (Å²) in [7, 11) is 0. The van der Waals surface area contributed by atoms with Gasteiger partial charge < -0.3 is 29.9 Å². The smallest absolute Gasteiger partial charge is 0.407 e. The maximum absolute atomic E-state index is 12.6. The lowest BCUT2D eigenvalue weighted by atomic mass is 9.98. The van der Waals surface area contributed by atoms with E-state index in [1.165, 1.54) is 12.1 Å². The van der Waals surface area contributed by atoms with Crippen LogP contribution in [0.25, 0.3) is 0 Å². The number of aliphatic hydroxyl groups is 2. The van der Waals surface area contributed by atoms with Gasteiger partial charge in [-0.25, -0.2) is 4.79 Å². The highest BCUT2D eigenvalue weighted by atomic mass is 16.6. The average Bonchev–Trinajstić information content (AvgIpc) is 2.65. The molecule has 0 aliphatic rings. The van der Waals surface area contributed by atoms with Crippen molar-refractivity contribution in [3.8, 4) is 0 Å². The van der Waals surface area contributed by atoms with E-state index in [1.54, 1.807) is 48.5 Å². The number of alkyl carbamates (subject to hydrolysis) is 1. The summed E-state index contributed by atoms with van der Waals surface area (Å²) in [4.78, 5) is 25.1. The molecule has 8 heteroatoms. The Balaban J connectivity index is 3.62. The SMILES string of the molecule is [2H]C([2H])(O)C([2H])([2H])N(c1ccc(C)c(C[C@@H](CC(=O)OC(C)(C)C)NC(=O)OC(C)(C)C)c1)C([2H])([2H])C([2H])([2H])O. The van der Waals surface area contributed by atoms with Crippen molar-refractivity contribution in [3.05, 3.63) is 29.3 Å². The van der Waals surface area contributed by atoms with Gasteiger partial charge in [-0.1, -0.05) is 6.07 Å². The molecule has 0 bridgehead atoms. The van der Waals surface area contributed by atoms with Crippen LogP contribution in [-0.2, 0) is 20.7 Å². The highest BCUT2D eigenvalue weighted by Gasteiger charge is 2.25. The van der Waals surface area contributed by atoms with Crippen molar-refractivity contribution in [2.75, 3.05) is 31.0 Å². The monoisotopic (exact) mass is 460 g/mol. The van der Waals surface area contributed by atoms with Crippen LogP contribution >= 0.6 is 0 Å². The molecule has 0 saturated carbocycles. The van der Waals surface area contributed by atoms with E-state index in [0.717, 1.165) is 6.07 Å². The summed E-state index contributed by atoms with van der Waals surface area (Å²) in [5.74, 6) is -0.640. The number of hydrogen-bond donors (Lipinski definition) is 3. The first-order valence-corrected chi connectivity index (χ1v) is 10.1. The highest BCUT2D eigenvalue weighted by Crippen LogP contribution is 2.22. The van der Waals surface area contributed by atoms with E-state index in [2.05, 4.69) is 5.32 Å². The second kappa shape index (κ2) is 12.1. The number of benzene rings is 1. The topological polar surface area (TPSA) is 108 Å². The van der Waals surface area contributed by atoms with Gasteiger partial charge in [-0.15, -0.1) is 0 Å². The number of esters is 1. The molecule has 0 radical (unpaired) electrons. The van der Waals surface area contributed by atoms with E-state index in [0.29, 0.717) is 11.1 Å². The van der Waals surface area contributed by atoms with Gasteiger partial charge in [0.2, 0.25) is 0 Å². The molecule has 1 rings (SSSR count). The Kier molecular flexibility index (Phi) is 6.48.